The molecule has 1 aromatic carbocycles. The van der Waals surface area contributed by atoms with E-state index in [1.807, 2.05) is 18.2 Å². The number of carboxylic acid groups (broad SMARTS) is 1. The topological polar surface area (TPSA) is 86.6 Å². The van der Waals surface area contributed by atoms with Crippen molar-refractivity contribution in [3.05, 3.63) is 35.9 Å². The molecule has 5 nitrogen and oxygen atoms in total. The lowest BCUT2D eigenvalue weighted by molar-refractivity contribution is -0.139. The molecule has 0 saturated heterocycles. The van der Waals surface area contributed by atoms with Gasteiger partial charge < -0.3 is 15.5 Å². The van der Waals surface area contributed by atoms with Crippen molar-refractivity contribution < 1.29 is 19.8 Å². The summed E-state index contributed by atoms with van der Waals surface area (Å²) in [4.78, 5) is 22.0. The van der Waals surface area contributed by atoms with Gasteiger partial charge in [-0.25, -0.2) is 0 Å². The molecule has 0 fully saturated rings. The average molecular weight is 251 g/mol. The summed E-state index contributed by atoms with van der Waals surface area (Å²) in [6.07, 6.45) is -0.320. The predicted octanol–water partition coefficient (Wildman–Crippen LogP) is 0.875. The summed E-state index contributed by atoms with van der Waals surface area (Å²) in [7, 11) is 0. The molecule has 0 aliphatic rings. The van der Waals surface area contributed by atoms with Crippen LogP contribution in [0.25, 0.3) is 0 Å². The number of carboxylic acids is 1. The molecule has 0 aliphatic heterocycles. The van der Waals surface area contributed by atoms with Gasteiger partial charge in [0.25, 0.3) is 0 Å². The number of amides is 1. The number of carbonyl (C=O) groups is 2. The molecule has 1 atom stereocenters. The van der Waals surface area contributed by atoms with Gasteiger partial charge in [0, 0.05) is 6.42 Å². The van der Waals surface area contributed by atoms with E-state index in [9.17, 15) is 14.7 Å². The van der Waals surface area contributed by atoms with Crippen molar-refractivity contribution in [2.24, 2.45) is 0 Å². The van der Waals surface area contributed by atoms with Crippen LogP contribution in [-0.4, -0.2) is 28.7 Å². The second-order valence-electron chi connectivity index (χ2n) is 4.30. The summed E-state index contributed by atoms with van der Waals surface area (Å²) in [5, 5.41) is 20.6. The van der Waals surface area contributed by atoms with Gasteiger partial charge in [0.2, 0.25) is 5.91 Å². The van der Waals surface area contributed by atoms with Gasteiger partial charge in [-0.2, -0.15) is 0 Å². The summed E-state index contributed by atoms with van der Waals surface area (Å²) in [6, 6.07) is 9.06. The molecular weight excluding hydrogens is 234 g/mol. The molecule has 3 N–H and O–H groups in total. The minimum atomic E-state index is -1.02. The van der Waals surface area contributed by atoms with Crippen molar-refractivity contribution in [3.8, 4) is 0 Å². The third-order valence-corrected chi connectivity index (χ3v) is 2.71. The molecule has 18 heavy (non-hydrogen) atoms. The summed E-state index contributed by atoms with van der Waals surface area (Å²) in [6.45, 7) is 1.44. The van der Waals surface area contributed by atoms with Crippen LogP contribution in [0.4, 0.5) is 0 Å². The normalized spacial score (nSPS) is 13.7. The number of carbonyl (C=O) groups excluding carboxylic acids is 1. The van der Waals surface area contributed by atoms with E-state index in [-0.39, 0.29) is 19.4 Å². The van der Waals surface area contributed by atoms with Gasteiger partial charge in [0.05, 0.1) is 18.6 Å². The summed E-state index contributed by atoms with van der Waals surface area (Å²) in [5.74, 6) is -1.41. The number of aliphatic hydroxyl groups excluding tert-OH is 1. The Morgan fingerprint density at radius 3 is 2.33 bits per heavy atom. The maximum Gasteiger partial charge on any atom is 0.303 e. The van der Waals surface area contributed by atoms with Crippen LogP contribution in [0.5, 0.6) is 0 Å². The van der Waals surface area contributed by atoms with Crippen LogP contribution >= 0.6 is 0 Å². The van der Waals surface area contributed by atoms with Crippen molar-refractivity contribution >= 4 is 11.9 Å². The molecule has 98 valence electrons. The van der Waals surface area contributed by atoms with Crippen molar-refractivity contribution in [2.45, 2.75) is 25.3 Å². The first-order valence-corrected chi connectivity index (χ1v) is 5.67. The van der Waals surface area contributed by atoms with E-state index < -0.39 is 17.4 Å². The maximum absolute atomic E-state index is 11.6. The van der Waals surface area contributed by atoms with Crippen molar-refractivity contribution in [1.82, 2.24) is 5.32 Å². The highest BCUT2D eigenvalue weighted by molar-refractivity contribution is 5.81. The van der Waals surface area contributed by atoms with Gasteiger partial charge in [-0.15, -0.1) is 0 Å². The molecule has 1 aromatic rings. The van der Waals surface area contributed by atoms with Gasteiger partial charge in [0.1, 0.15) is 0 Å². The first kappa shape index (κ1) is 14.2. The number of hydrogen-bond acceptors (Lipinski definition) is 3. The second-order valence-corrected chi connectivity index (χ2v) is 4.30. The van der Waals surface area contributed by atoms with Gasteiger partial charge in [0.15, 0.2) is 0 Å². The Hall–Kier alpha value is -1.88. The molecule has 0 saturated carbocycles. The van der Waals surface area contributed by atoms with E-state index in [4.69, 9.17) is 5.11 Å². The van der Waals surface area contributed by atoms with E-state index in [2.05, 4.69) is 5.32 Å². The van der Waals surface area contributed by atoms with Gasteiger partial charge >= 0.3 is 5.97 Å². The average Bonchev–Trinajstić information content (AvgIpc) is 2.37. The minimum Gasteiger partial charge on any atom is -0.481 e. The highest BCUT2D eigenvalue weighted by Crippen LogP contribution is 2.19. The highest BCUT2D eigenvalue weighted by Gasteiger charge is 2.27. The third kappa shape index (κ3) is 3.85. The van der Waals surface area contributed by atoms with Crippen molar-refractivity contribution in [1.29, 1.82) is 0 Å². The van der Waals surface area contributed by atoms with Crippen molar-refractivity contribution in [2.75, 3.05) is 6.61 Å². The second kappa shape index (κ2) is 6.16. The fourth-order valence-electron chi connectivity index (χ4n) is 1.60. The van der Waals surface area contributed by atoms with Crippen LogP contribution in [0.15, 0.2) is 30.3 Å². The Balaban J connectivity index is 2.71. The number of aliphatic carboxylic acids is 1. The Bertz CT molecular complexity index is 418. The summed E-state index contributed by atoms with van der Waals surface area (Å²) < 4.78 is 0. The smallest absolute Gasteiger partial charge is 0.303 e. The molecule has 0 radical (unpaired) electrons. The largest absolute Gasteiger partial charge is 0.481 e. The van der Waals surface area contributed by atoms with Crippen LogP contribution in [0.3, 0.4) is 0 Å². The molecule has 0 heterocycles. The van der Waals surface area contributed by atoms with Gasteiger partial charge in [-0.05, 0) is 12.5 Å². The molecule has 0 aliphatic carbocycles. The molecule has 0 aromatic heterocycles. The van der Waals surface area contributed by atoms with Gasteiger partial charge in [-0.3, -0.25) is 9.59 Å². The lowest BCUT2D eigenvalue weighted by Crippen LogP contribution is -2.46. The Morgan fingerprint density at radius 1 is 1.22 bits per heavy atom. The Labute approximate surface area is 105 Å². The van der Waals surface area contributed by atoms with Crippen LogP contribution < -0.4 is 5.32 Å². The van der Waals surface area contributed by atoms with Crippen LogP contribution in [0, 0.1) is 0 Å². The minimum absolute atomic E-state index is 0.0994. The fraction of sp³-hybridized carbons (Fsp3) is 0.385. The van der Waals surface area contributed by atoms with Crippen LogP contribution in [0.2, 0.25) is 0 Å². The first-order chi connectivity index (χ1) is 8.48. The molecular formula is C13H17NO4. The van der Waals surface area contributed by atoms with E-state index in [0.717, 1.165) is 5.56 Å². The molecule has 1 unspecified atom stereocenters. The summed E-state index contributed by atoms with van der Waals surface area (Å²) >= 11 is 0. The Morgan fingerprint density at radius 2 is 1.83 bits per heavy atom. The van der Waals surface area contributed by atoms with E-state index in [0.29, 0.717) is 0 Å². The fourth-order valence-corrected chi connectivity index (χ4v) is 1.60. The van der Waals surface area contributed by atoms with Crippen molar-refractivity contribution in [3.63, 3.8) is 0 Å². The first-order valence-electron chi connectivity index (χ1n) is 5.67. The number of aliphatic hydroxyl groups is 1. The number of nitrogens with one attached hydrogen (secondary N) is 1. The third-order valence-electron chi connectivity index (χ3n) is 2.71. The number of benzene rings is 1. The predicted molar refractivity (Wildman–Crippen MR) is 65.9 cm³/mol. The molecule has 0 spiro atoms. The summed E-state index contributed by atoms with van der Waals surface area (Å²) in [5.41, 5.74) is -0.118. The zero-order chi connectivity index (χ0) is 13.6. The molecule has 1 amide bonds. The van der Waals surface area contributed by atoms with E-state index in [1.165, 1.54) is 0 Å². The lowest BCUT2D eigenvalue weighted by atomic mass is 9.92. The van der Waals surface area contributed by atoms with Crippen LogP contribution in [-0.2, 0) is 15.1 Å². The maximum atomic E-state index is 11.6. The highest BCUT2D eigenvalue weighted by atomic mass is 16.4. The monoisotopic (exact) mass is 251 g/mol. The molecule has 5 heteroatoms. The van der Waals surface area contributed by atoms with E-state index in [1.54, 1.807) is 19.1 Å². The lowest BCUT2D eigenvalue weighted by Gasteiger charge is -2.29. The SMILES string of the molecule is CC(CO)(NC(=O)CCC(=O)O)c1ccccc1. The zero-order valence-corrected chi connectivity index (χ0v) is 10.2. The Kier molecular flexibility index (Phi) is 4.85. The molecule has 0 bridgehead atoms. The number of rotatable bonds is 6. The van der Waals surface area contributed by atoms with E-state index >= 15 is 0 Å². The number of hydrogen-bond donors (Lipinski definition) is 3. The van der Waals surface area contributed by atoms with Gasteiger partial charge in [-0.1, -0.05) is 30.3 Å². The quantitative estimate of drug-likeness (QED) is 0.700. The standard InChI is InChI=1S/C13H17NO4/c1-13(9-15,10-5-3-2-4-6-10)14-11(16)7-8-12(17)18/h2-6,15H,7-9H2,1H3,(H,14,16)(H,17,18). The molecule has 1 rings (SSSR count). The zero-order valence-electron chi connectivity index (χ0n) is 10.2. The van der Waals surface area contributed by atoms with Crippen LogP contribution in [0.1, 0.15) is 25.3 Å².